The molecule has 0 bridgehead atoms. The van der Waals surface area contributed by atoms with Crippen molar-refractivity contribution in [2.75, 3.05) is 0 Å². The van der Waals surface area contributed by atoms with Crippen LogP contribution < -0.4 is 10.4 Å². The third kappa shape index (κ3) is 3.46. The van der Waals surface area contributed by atoms with Crippen LogP contribution in [0.5, 0.6) is 0 Å². The molecule has 2 heteroatoms. The molecule has 0 N–H and O–H groups in total. The fraction of sp³-hybridized carbons (Fsp3) is 0.0606. The quantitative estimate of drug-likeness (QED) is 0.289. The molecular weight excluding hydrogens is 424 g/mol. The Kier molecular flexibility index (Phi) is 4.63. The van der Waals surface area contributed by atoms with Crippen molar-refractivity contribution in [3.05, 3.63) is 120 Å². The van der Waals surface area contributed by atoms with E-state index < -0.39 is 0 Å². The second-order valence-corrected chi connectivity index (χ2v) is 9.20. The lowest BCUT2D eigenvalue weighted by Crippen LogP contribution is -2.26. The Morgan fingerprint density at radius 1 is 0.543 bits per heavy atom. The van der Waals surface area contributed by atoms with E-state index in [4.69, 9.17) is 4.98 Å². The number of imidazole rings is 1. The molecule has 1 aliphatic rings. The van der Waals surface area contributed by atoms with Crippen LogP contribution in [-0.4, -0.2) is 9.55 Å². The predicted molar refractivity (Wildman–Crippen MR) is 147 cm³/mol. The van der Waals surface area contributed by atoms with Crippen molar-refractivity contribution in [2.24, 2.45) is 0 Å². The topological polar surface area (TPSA) is 17.8 Å². The third-order valence-corrected chi connectivity index (χ3v) is 6.99. The summed E-state index contributed by atoms with van der Waals surface area (Å²) in [6.07, 6.45) is 6.98. The molecule has 0 saturated heterocycles. The van der Waals surface area contributed by atoms with Crippen molar-refractivity contribution in [1.29, 1.82) is 0 Å². The Hall–Kier alpha value is -4.43. The second-order valence-electron chi connectivity index (χ2n) is 9.20. The minimum Gasteiger partial charge on any atom is -0.292 e. The lowest BCUT2D eigenvalue weighted by molar-refractivity contribution is 1.10. The van der Waals surface area contributed by atoms with Crippen molar-refractivity contribution in [3.8, 4) is 28.2 Å². The summed E-state index contributed by atoms with van der Waals surface area (Å²) in [4.78, 5) is 5.00. The molecule has 1 heterocycles. The van der Waals surface area contributed by atoms with E-state index in [-0.39, 0.29) is 0 Å². The number of fused-ring (bicyclic) bond motifs is 3. The maximum absolute atomic E-state index is 5.00. The zero-order valence-corrected chi connectivity index (χ0v) is 19.4. The van der Waals surface area contributed by atoms with Crippen molar-refractivity contribution in [1.82, 2.24) is 9.55 Å². The Bertz CT molecular complexity index is 1820. The molecular formula is C33H24N2. The van der Waals surface area contributed by atoms with E-state index in [0.29, 0.717) is 0 Å². The molecule has 1 aromatic heterocycles. The molecule has 0 spiro atoms. The molecule has 5 aromatic carbocycles. The van der Waals surface area contributed by atoms with Gasteiger partial charge in [0, 0.05) is 11.3 Å². The molecule has 0 unspecified atom stereocenters. The van der Waals surface area contributed by atoms with Gasteiger partial charge in [-0.25, -0.2) is 4.98 Å². The lowest BCUT2D eigenvalue weighted by Gasteiger charge is -2.11. The van der Waals surface area contributed by atoms with Gasteiger partial charge in [0.2, 0.25) is 0 Å². The summed E-state index contributed by atoms with van der Waals surface area (Å²) in [5.74, 6) is 0.959. The van der Waals surface area contributed by atoms with Gasteiger partial charge in [-0.3, -0.25) is 4.57 Å². The number of hydrogen-bond donors (Lipinski definition) is 0. The summed E-state index contributed by atoms with van der Waals surface area (Å²) in [6, 6.07) is 39.0. The Morgan fingerprint density at radius 2 is 1.20 bits per heavy atom. The molecule has 35 heavy (non-hydrogen) atoms. The molecule has 2 nitrogen and oxygen atoms in total. The fourth-order valence-electron chi connectivity index (χ4n) is 5.21. The van der Waals surface area contributed by atoms with E-state index in [1.54, 1.807) is 0 Å². The zero-order chi connectivity index (χ0) is 23.2. The summed E-state index contributed by atoms with van der Waals surface area (Å²) in [5.41, 5.74) is 6.79. The number of para-hydroxylation sites is 3. The molecule has 0 atom stereocenters. The summed E-state index contributed by atoms with van der Waals surface area (Å²) >= 11 is 0. The Labute approximate surface area is 204 Å². The van der Waals surface area contributed by atoms with Gasteiger partial charge < -0.3 is 0 Å². The van der Waals surface area contributed by atoms with Crippen LogP contribution in [0.1, 0.15) is 12.8 Å². The fourth-order valence-corrected chi connectivity index (χ4v) is 5.21. The molecule has 0 radical (unpaired) electrons. The van der Waals surface area contributed by atoms with E-state index in [1.165, 1.54) is 32.3 Å². The predicted octanol–water partition coefficient (Wildman–Crippen LogP) is 6.87. The SMILES string of the molecule is C1=c2cc3ccc(-c4ccc(-c5nc6ccccc6n5-c5ccccc5)cc4)cc3cc2=CCC1. The summed E-state index contributed by atoms with van der Waals surface area (Å²) in [6.45, 7) is 0. The molecule has 7 rings (SSSR count). The minimum absolute atomic E-state index is 0.959. The Balaban J connectivity index is 1.32. The van der Waals surface area contributed by atoms with E-state index in [2.05, 4.69) is 114 Å². The Morgan fingerprint density at radius 3 is 2.00 bits per heavy atom. The van der Waals surface area contributed by atoms with Crippen LogP contribution in [0.2, 0.25) is 0 Å². The number of hydrogen-bond acceptors (Lipinski definition) is 1. The lowest BCUT2D eigenvalue weighted by atomic mass is 9.98. The first kappa shape index (κ1) is 20.0. The minimum atomic E-state index is 0.959. The van der Waals surface area contributed by atoms with Crippen LogP contribution in [-0.2, 0) is 0 Å². The van der Waals surface area contributed by atoms with Crippen LogP contribution in [0, 0.1) is 0 Å². The van der Waals surface area contributed by atoms with Gasteiger partial charge in [-0.2, -0.15) is 0 Å². The zero-order valence-electron chi connectivity index (χ0n) is 19.4. The number of aromatic nitrogens is 2. The van der Waals surface area contributed by atoms with Crippen molar-refractivity contribution >= 4 is 34.0 Å². The second kappa shape index (κ2) is 8.11. The first-order chi connectivity index (χ1) is 17.3. The van der Waals surface area contributed by atoms with Crippen LogP contribution in [0.3, 0.4) is 0 Å². The highest BCUT2D eigenvalue weighted by Crippen LogP contribution is 2.31. The standard InChI is InChI=1S/C33H24N2/c1-2-10-30(11-3-1)35-32-13-7-6-12-31(32)34-33(35)24-16-14-23(15-17-24)27-18-19-28-20-25-8-4-5-9-26(25)21-29(28)22-27/h1-3,6-22H,4-5H2. The molecule has 166 valence electrons. The summed E-state index contributed by atoms with van der Waals surface area (Å²) in [5, 5.41) is 5.31. The number of benzene rings is 5. The number of rotatable bonds is 3. The van der Waals surface area contributed by atoms with Crippen LogP contribution >= 0.6 is 0 Å². The van der Waals surface area contributed by atoms with Crippen LogP contribution in [0.15, 0.2) is 109 Å². The van der Waals surface area contributed by atoms with Crippen LogP contribution in [0.4, 0.5) is 0 Å². The first-order valence-electron chi connectivity index (χ1n) is 12.2. The van der Waals surface area contributed by atoms with Gasteiger partial charge in [-0.1, -0.05) is 78.9 Å². The van der Waals surface area contributed by atoms with Crippen molar-refractivity contribution in [2.45, 2.75) is 12.8 Å². The summed E-state index contributed by atoms with van der Waals surface area (Å²) < 4.78 is 2.25. The average Bonchev–Trinajstić information content (AvgIpc) is 3.32. The third-order valence-electron chi connectivity index (χ3n) is 6.99. The van der Waals surface area contributed by atoms with Crippen molar-refractivity contribution < 1.29 is 0 Å². The number of nitrogens with zero attached hydrogens (tertiary/aromatic N) is 2. The van der Waals surface area contributed by atoms with Gasteiger partial charge in [0.25, 0.3) is 0 Å². The monoisotopic (exact) mass is 448 g/mol. The van der Waals surface area contributed by atoms with E-state index in [0.717, 1.165) is 41.0 Å². The molecule has 0 saturated carbocycles. The normalized spacial score (nSPS) is 12.8. The van der Waals surface area contributed by atoms with Crippen molar-refractivity contribution in [3.63, 3.8) is 0 Å². The largest absolute Gasteiger partial charge is 0.292 e. The first-order valence-corrected chi connectivity index (χ1v) is 12.2. The van der Waals surface area contributed by atoms with Gasteiger partial charge in [0.15, 0.2) is 0 Å². The molecule has 0 aliphatic heterocycles. The molecule has 0 amide bonds. The van der Waals surface area contributed by atoms with E-state index in [9.17, 15) is 0 Å². The van der Waals surface area contributed by atoms with E-state index in [1.807, 2.05) is 12.1 Å². The smallest absolute Gasteiger partial charge is 0.145 e. The average molecular weight is 449 g/mol. The maximum atomic E-state index is 5.00. The van der Waals surface area contributed by atoms with Gasteiger partial charge >= 0.3 is 0 Å². The molecule has 1 aliphatic carbocycles. The summed E-state index contributed by atoms with van der Waals surface area (Å²) in [7, 11) is 0. The van der Waals surface area contributed by atoms with Gasteiger partial charge in [-0.15, -0.1) is 0 Å². The van der Waals surface area contributed by atoms with Gasteiger partial charge in [0.1, 0.15) is 5.82 Å². The highest BCUT2D eigenvalue weighted by molar-refractivity contribution is 5.88. The van der Waals surface area contributed by atoms with Gasteiger partial charge in [-0.05, 0) is 87.6 Å². The highest BCUT2D eigenvalue weighted by Gasteiger charge is 2.14. The molecule has 0 fully saturated rings. The van der Waals surface area contributed by atoms with Crippen LogP contribution in [0.25, 0.3) is 62.2 Å². The maximum Gasteiger partial charge on any atom is 0.145 e. The van der Waals surface area contributed by atoms with E-state index >= 15 is 0 Å². The highest BCUT2D eigenvalue weighted by atomic mass is 15.1. The molecule has 6 aromatic rings. The van der Waals surface area contributed by atoms with Gasteiger partial charge in [0.05, 0.1) is 11.0 Å².